The highest BCUT2D eigenvalue weighted by molar-refractivity contribution is 7.89. The SMILES string of the molecule is O=S(=O)(c1cc(F)[c]cc1F)N1CCOCC1. The minimum absolute atomic E-state index is 0.141. The van der Waals surface area contributed by atoms with Gasteiger partial charge in [-0.2, -0.15) is 4.31 Å². The van der Waals surface area contributed by atoms with Crippen molar-refractivity contribution in [3.8, 4) is 0 Å². The van der Waals surface area contributed by atoms with Gasteiger partial charge in [-0.25, -0.2) is 17.2 Å². The summed E-state index contributed by atoms with van der Waals surface area (Å²) in [5.74, 6) is -1.91. The highest BCUT2D eigenvalue weighted by Crippen LogP contribution is 2.20. The average Bonchev–Trinajstić information content (AvgIpc) is 2.33. The molecule has 0 atom stereocenters. The maximum atomic E-state index is 13.4. The van der Waals surface area contributed by atoms with E-state index in [1.807, 2.05) is 6.07 Å². The molecule has 0 bridgehead atoms. The molecular formula is C10H10F2NO3S. The lowest BCUT2D eigenvalue weighted by atomic mass is 10.3. The van der Waals surface area contributed by atoms with Gasteiger partial charge < -0.3 is 4.74 Å². The lowest BCUT2D eigenvalue weighted by Gasteiger charge is -2.26. The molecule has 2 rings (SSSR count). The van der Waals surface area contributed by atoms with E-state index in [4.69, 9.17) is 4.74 Å². The topological polar surface area (TPSA) is 46.6 Å². The van der Waals surface area contributed by atoms with Crippen molar-refractivity contribution in [2.45, 2.75) is 4.90 Å². The summed E-state index contributed by atoms with van der Waals surface area (Å²) in [6, 6.07) is 3.29. The van der Waals surface area contributed by atoms with E-state index in [1.165, 1.54) is 0 Å². The number of hydrogen-bond acceptors (Lipinski definition) is 3. The molecule has 0 spiro atoms. The van der Waals surface area contributed by atoms with Crippen LogP contribution in [0.15, 0.2) is 17.0 Å². The smallest absolute Gasteiger partial charge is 0.246 e. The minimum atomic E-state index is -4.00. The molecule has 0 aliphatic carbocycles. The Morgan fingerprint density at radius 3 is 2.59 bits per heavy atom. The van der Waals surface area contributed by atoms with Crippen LogP contribution in [0.25, 0.3) is 0 Å². The standard InChI is InChI=1S/C10H10F2NO3S/c11-8-1-2-9(12)10(7-8)17(14,15)13-3-5-16-6-4-13/h2,7H,3-6H2. The summed E-state index contributed by atoms with van der Waals surface area (Å²) in [5, 5.41) is 0. The molecule has 7 heteroatoms. The van der Waals surface area contributed by atoms with E-state index in [9.17, 15) is 17.2 Å². The largest absolute Gasteiger partial charge is 0.379 e. The van der Waals surface area contributed by atoms with Gasteiger partial charge in [-0.1, -0.05) is 0 Å². The molecule has 17 heavy (non-hydrogen) atoms. The van der Waals surface area contributed by atoms with E-state index in [2.05, 4.69) is 0 Å². The van der Waals surface area contributed by atoms with E-state index >= 15 is 0 Å². The Labute approximate surface area is 97.9 Å². The van der Waals surface area contributed by atoms with E-state index in [-0.39, 0.29) is 26.3 Å². The minimum Gasteiger partial charge on any atom is -0.379 e. The maximum absolute atomic E-state index is 13.4. The summed E-state index contributed by atoms with van der Waals surface area (Å²) in [6.45, 7) is 0.786. The Bertz CT molecular complexity index is 512. The monoisotopic (exact) mass is 262 g/mol. The number of hydrogen-bond donors (Lipinski definition) is 0. The molecule has 0 amide bonds. The van der Waals surface area contributed by atoms with Gasteiger partial charge in [-0.05, 0) is 12.1 Å². The molecule has 0 aromatic heterocycles. The Hall–Kier alpha value is -1.05. The van der Waals surface area contributed by atoms with Gasteiger partial charge in [-0.15, -0.1) is 0 Å². The number of nitrogens with zero attached hydrogens (tertiary/aromatic N) is 1. The van der Waals surface area contributed by atoms with Crippen LogP contribution >= 0.6 is 0 Å². The fraction of sp³-hybridized carbons (Fsp3) is 0.400. The first-order chi connectivity index (χ1) is 8.01. The molecule has 1 fully saturated rings. The third-order valence-corrected chi connectivity index (χ3v) is 4.33. The van der Waals surface area contributed by atoms with Crippen molar-refractivity contribution in [1.29, 1.82) is 0 Å². The second-order valence-corrected chi connectivity index (χ2v) is 5.42. The van der Waals surface area contributed by atoms with Gasteiger partial charge in [0.05, 0.1) is 13.2 Å². The van der Waals surface area contributed by atoms with Crippen LogP contribution in [0, 0.1) is 17.7 Å². The fourth-order valence-corrected chi connectivity index (χ4v) is 3.02. The molecule has 0 N–H and O–H groups in total. The van der Waals surface area contributed by atoms with Crippen LogP contribution in [0.4, 0.5) is 8.78 Å². The van der Waals surface area contributed by atoms with Gasteiger partial charge in [0.2, 0.25) is 10.0 Å². The van der Waals surface area contributed by atoms with Crippen molar-refractivity contribution in [3.63, 3.8) is 0 Å². The van der Waals surface area contributed by atoms with Gasteiger partial charge in [0.1, 0.15) is 16.5 Å². The molecule has 1 aliphatic heterocycles. The van der Waals surface area contributed by atoms with Gasteiger partial charge in [0, 0.05) is 19.2 Å². The first kappa shape index (κ1) is 12.4. The Kier molecular flexibility index (Phi) is 3.41. The summed E-state index contributed by atoms with van der Waals surface area (Å²) in [7, 11) is -4.00. The zero-order valence-electron chi connectivity index (χ0n) is 8.82. The van der Waals surface area contributed by atoms with Gasteiger partial charge in [0.25, 0.3) is 0 Å². The lowest BCUT2D eigenvalue weighted by molar-refractivity contribution is 0.0729. The molecule has 1 saturated heterocycles. The van der Waals surface area contributed by atoms with E-state index in [0.29, 0.717) is 12.1 Å². The highest BCUT2D eigenvalue weighted by atomic mass is 32.2. The van der Waals surface area contributed by atoms with Crippen molar-refractivity contribution in [3.05, 3.63) is 29.8 Å². The van der Waals surface area contributed by atoms with Crippen molar-refractivity contribution < 1.29 is 21.9 Å². The summed E-state index contributed by atoms with van der Waals surface area (Å²) >= 11 is 0. The molecule has 1 aliphatic rings. The number of rotatable bonds is 2. The zero-order chi connectivity index (χ0) is 12.5. The average molecular weight is 262 g/mol. The maximum Gasteiger partial charge on any atom is 0.246 e. The van der Waals surface area contributed by atoms with Crippen molar-refractivity contribution in [1.82, 2.24) is 4.31 Å². The van der Waals surface area contributed by atoms with Gasteiger partial charge >= 0.3 is 0 Å². The molecule has 1 radical (unpaired) electrons. The second-order valence-electron chi connectivity index (χ2n) is 3.51. The molecule has 0 saturated carbocycles. The summed E-state index contributed by atoms with van der Waals surface area (Å²) in [4.78, 5) is -0.657. The molecule has 1 aromatic rings. The normalized spacial score (nSPS) is 18.2. The first-order valence-corrected chi connectivity index (χ1v) is 6.40. The number of ether oxygens (including phenoxy) is 1. The third-order valence-electron chi connectivity index (χ3n) is 2.42. The summed E-state index contributed by atoms with van der Waals surface area (Å²) in [5.41, 5.74) is 0. The van der Waals surface area contributed by atoms with Gasteiger partial charge in [0.15, 0.2) is 0 Å². The van der Waals surface area contributed by atoms with Crippen LogP contribution in [-0.4, -0.2) is 39.0 Å². The van der Waals surface area contributed by atoms with Crippen LogP contribution in [0.1, 0.15) is 0 Å². The quantitative estimate of drug-likeness (QED) is 0.791. The molecule has 93 valence electrons. The van der Waals surface area contributed by atoms with Crippen molar-refractivity contribution >= 4 is 10.0 Å². The fourth-order valence-electron chi connectivity index (χ4n) is 1.55. The molecular weight excluding hydrogens is 252 g/mol. The Morgan fingerprint density at radius 1 is 1.29 bits per heavy atom. The third kappa shape index (κ3) is 2.46. The second kappa shape index (κ2) is 4.67. The van der Waals surface area contributed by atoms with Crippen LogP contribution in [0.3, 0.4) is 0 Å². The van der Waals surface area contributed by atoms with Crippen molar-refractivity contribution in [2.75, 3.05) is 26.3 Å². The van der Waals surface area contributed by atoms with E-state index in [0.717, 1.165) is 4.31 Å². The number of morpholine rings is 1. The first-order valence-electron chi connectivity index (χ1n) is 4.96. The van der Waals surface area contributed by atoms with E-state index < -0.39 is 26.6 Å². The number of benzene rings is 1. The van der Waals surface area contributed by atoms with Gasteiger partial charge in [-0.3, -0.25) is 0 Å². The molecule has 0 unspecified atom stereocenters. The predicted octanol–water partition coefficient (Wildman–Crippen LogP) is 0.786. The highest BCUT2D eigenvalue weighted by Gasteiger charge is 2.29. The summed E-state index contributed by atoms with van der Waals surface area (Å²) < 4.78 is 56.4. The number of sulfonamides is 1. The van der Waals surface area contributed by atoms with Crippen LogP contribution in [0.5, 0.6) is 0 Å². The molecule has 1 heterocycles. The van der Waals surface area contributed by atoms with Crippen LogP contribution in [-0.2, 0) is 14.8 Å². The molecule has 4 nitrogen and oxygen atoms in total. The van der Waals surface area contributed by atoms with E-state index in [1.54, 1.807) is 0 Å². The summed E-state index contributed by atoms with van der Waals surface area (Å²) in [6.07, 6.45) is 0. The Morgan fingerprint density at radius 2 is 1.94 bits per heavy atom. The van der Waals surface area contributed by atoms with Crippen molar-refractivity contribution in [2.24, 2.45) is 0 Å². The lowest BCUT2D eigenvalue weighted by Crippen LogP contribution is -2.40. The Balaban J connectivity index is 2.40. The van der Waals surface area contributed by atoms with Crippen LogP contribution in [0.2, 0.25) is 0 Å². The van der Waals surface area contributed by atoms with Crippen LogP contribution < -0.4 is 0 Å². The number of halogens is 2. The zero-order valence-corrected chi connectivity index (χ0v) is 9.64. The predicted molar refractivity (Wildman–Crippen MR) is 54.8 cm³/mol. The molecule has 1 aromatic carbocycles.